The number of anilines is 1. The number of ether oxygens (including phenoxy) is 1. The van der Waals surface area contributed by atoms with Crippen LogP contribution in [-0.2, 0) is 49.5 Å². The van der Waals surface area contributed by atoms with Gasteiger partial charge in [-0.15, -0.1) is 0 Å². The number of hydrazine groups is 1. The fourth-order valence-electron chi connectivity index (χ4n) is 3.13. The first-order chi connectivity index (χ1) is 12.4. The van der Waals surface area contributed by atoms with Gasteiger partial charge >= 0.3 is 0 Å². The second-order valence-electron chi connectivity index (χ2n) is 7.22. The zero-order valence-corrected chi connectivity index (χ0v) is 18.7. The third-order valence-electron chi connectivity index (χ3n) is 4.82. The number of aliphatic hydroxyl groups excluding tert-OH is 1. The number of benzene rings is 2. The first kappa shape index (κ1) is 22.0. The predicted molar refractivity (Wildman–Crippen MR) is 101 cm³/mol. The molecule has 6 heteroatoms. The van der Waals surface area contributed by atoms with Gasteiger partial charge in [0.1, 0.15) is 0 Å². The van der Waals surface area contributed by atoms with Gasteiger partial charge in [-0.3, -0.25) is 4.79 Å². The molecule has 0 unspecified atom stereocenters. The van der Waals surface area contributed by atoms with Crippen LogP contribution < -0.4 is 9.75 Å². The predicted octanol–water partition coefficient (Wildman–Crippen LogP) is 3.28. The standard InChI is InChI=1S/C21H25N2O3.Y/c1-21(2,15-24)17-7-9-18(10-8-17)23-20(25)11-12-22(23)14-16-5-4-6-19(13-16)26-3;/h4-10,13,24H,3,11-12,14-15H2,1-2H3;/q-1;. The molecule has 5 nitrogen and oxygen atoms in total. The van der Waals surface area contributed by atoms with Crippen molar-refractivity contribution >= 4 is 11.6 Å². The van der Waals surface area contributed by atoms with E-state index >= 15 is 0 Å². The molecule has 0 aromatic heterocycles. The molecule has 1 radical (unpaired) electrons. The first-order valence-corrected chi connectivity index (χ1v) is 8.75. The summed E-state index contributed by atoms with van der Waals surface area (Å²) in [5.41, 5.74) is 2.64. The van der Waals surface area contributed by atoms with Crippen molar-refractivity contribution in [2.24, 2.45) is 0 Å². The molecule has 0 spiro atoms. The topological polar surface area (TPSA) is 53.0 Å². The molecule has 1 amide bonds. The van der Waals surface area contributed by atoms with Crippen molar-refractivity contribution < 1.29 is 47.3 Å². The Bertz CT molecular complexity index is 777. The van der Waals surface area contributed by atoms with Crippen LogP contribution in [0.4, 0.5) is 5.69 Å². The molecule has 1 saturated heterocycles. The summed E-state index contributed by atoms with van der Waals surface area (Å²) < 4.78 is 5.04. The average molecular weight is 442 g/mol. The van der Waals surface area contributed by atoms with E-state index in [1.54, 1.807) is 5.01 Å². The molecule has 0 aliphatic carbocycles. The summed E-state index contributed by atoms with van der Waals surface area (Å²) in [5, 5.41) is 13.3. The number of hydrogen-bond donors (Lipinski definition) is 1. The minimum atomic E-state index is -0.304. The summed E-state index contributed by atoms with van der Waals surface area (Å²) in [4.78, 5) is 12.4. The Labute approximate surface area is 186 Å². The van der Waals surface area contributed by atoms with Crippen LogP contribution in [0.25, 0.3) is 0 Å². The molecule has 1 aliphatic heterocycles. The van der Waals surface area contributed by atoms with E-state index in [1.165, 1.54) is 0 Å². The van der Waals surface area contributed by atoms with Crippen molar-refractivity contribution in [1.29, 1.82) is 0 Å². The molecule has 2 aromatic rings. The zero-order chi connectivity index (χ0) is 18.7. The second kappa shape index (κ2) is 9.29. The van der Waals surface area contributed by atoms with Gasteiger partial charge in [0.05, 0.1) is 18.0 Å². The van der Waals surface area contributed by atoms with Crippen molar-refractivity contribution in [3.05, 3.63) is 66.8 Å². The van der Waals surface area contributed by atoms with E-state index in [-0.39, 0.29) is 50.6 Å². The van der Waals surface area contributed by atoms with Crippen LogP contribution in [0.2, 0.25) is 0 Å². The SMILES string of the molecule is [CH2-]Oc1cccc(CN2CCC(=O)N2c2ccc(C(C)(C)CO)cc2)c1.[Y]. The van der Waals surface area contributed by atoms with E-state index in [1.807, 2.05) is 67.4 Å². The maximum atomic E-state index is 12.4. The van der Waals surface area contributed by atoms with E-state index in [0.717, 1.165) is 16.8 Å². The van der Waals surface area contributed by atoms with Crippen LogP contribution in [0.15, 0.2) is 48.5 Å². The quantitative estimate of drug-likeness (QED) is 0.698. The first-order valence-electron chi connectivity index (χ1n) is 8.75. The summed E-state index contributed by atoms with van der Waals surface area (Å²) in [5.74, 6) is 0.791. The van der Waals surface area contributed by atoms with Crippen LogP contribution in [0.3, 0.4) is 0 Å². The van der Waals surface area contributed by atoms with Gasteiger partial charge < -0.3 is 9.84 Å². The molecule has 27 heavy (non-hydrogen) atoms. The summed E-state index contributed by atoms with van der Waals surface area (Å²) in [6, 6.07) is 15.6. The molecule has 1 fully saturated rings. The number of rotatable bonds is 6. The van der Waals surface area contributed by atoms with Gasteiger partial charge in [-0.2, -0.15) is 7.11 Å². The molecule has 0 atom stereocenters. The van der Waals surface area contributed by atoms with E-state index in [9.17, 15) is 9.90 Å². The minimum absolute atomic E-state index is 0. The van der Waals surface area contributed by atoms with Crippen LogP contribution in [-0.4, -0.2) is 29.2 Å². The molecule has 0 saturated carbocycles. The van der Waals surface area contributed by atoms with Gasteiger partial charge in [0, 0.05) is 57.6 Å². The fourth-order valence-corrected chi connectivity index (χ4v) is 3.13. The van der Waals surface area contributed by atoms with E-state index < -0.39 is 0 Å². The third kappa shape index (κ3) is 4.97. The maximum absolute atomic E-state index is 12.4. The molecule has 2 aromatic carbocycles. The molecule has 0 bridgehead atoms. The number of nitrogens with zero attached hydrogens (tertiary/aromatic N) is 2. The minimum Gasteiger partial charge on any atom is -0.665 e. The fraction of sp³-hybridized carbons (Fsp3) is 0.333. The van der Waals surface area contributed by atoms with Gasteiger partial charge in [0.2, 0.25) is 5.91 Å². The monoisotopic (exact) mass is 442 g/mol. The van der Waals surface area contributed by atoms with Gasteiger partial charge in [0.25, 0.3) is 0 Å². The van der Waals surface area contributed by atoms with E-state index in [2.05, 4.69) is 7.11 Å². The van der Waals surface area contributed by atoms with Crippen LogP contribution in [0.5, 0.6) is 5.75 Å². The number of carbonyl (C=O) groups excluding carboxylic acids is 1. The van der Waals surface area contributed by atoms with Crippen LogP contribution in [0, 0.1) is 7.11 Å². The molecular weight excluding hydrogens is 417 g/mol. The van der Waals surface area contributed by atoms with E-state index in [0.29, 0.717) is 25.3 Å². The smallest absolute Gasteiger partial charge is 0.242 e. The molecule has 1 N–H and O–H groups in total. The Morgan fingerprint density at radius 1 is 1.19 bits per heavy atom. The Kier molecular flexibility index (Phi) is 7.58. The summed E-state index contributed by atoms with van der Waals surface area (Å²) in [6.45, 7) is 5.36. The summed E-state index contributed by atoms with van der Waals surface area (Å²) >= 11 is 0. The molecule has 1 heterocycles. The van der Waals surface area contributed by atoms with E-state index in [4.69, 9.17) is 4.74 Å². The number of hydrogen-bond acceptors (Lipinski definition) is 4. The largest absolute Gasteiger partial charge is 0.665 e. The van der Waals surface area contributed by atoms with Crippen molar-refractivity contribution in [1.82, 2.24) is 5.01 Å². The number of aliphatic hydroxyl groups is 1. The third-order valence-corrected chi connectivity index (χ3v) is 4.82. The Balaban J connectivity index is 0.00000261. The van der Waals surface area contributed by atoms with Gasteiger partial charge in [-0.25, -0.2) is 10.0 Å². The number of carbonyl (C=O) groups is 1. The van der Waals surface area contributed by atoms with Gasteiger partial charge in [0.15, 0.2) is 0 Å². The van der Waals surface area contributed by atoms with Crippen molar-refractivity contribution in [2.45, 2.75) is 32.2 Å². The van der Waals surface area contributed by atoms with Crippen molar-refractivity contribution in [3.8, 4) is 5.75 Å². The summed E-state index contributed by atoms with van der Waals surface area (Å²) in [6.07, 6.45) is 0.495. The Morgan fingerprint density at radius 3 is 2.52 bits per heavy atom. The second-order valence-corrected chi connectivity index (χ2v) is 7.22. The van der Waals surface area contributed by atoms with Crippen molar-refractivity contribution in [3.63, 3.8) is 0 Å². The molecule has 141 valence electrons. The molecule has 3 rings (SSSR count). The average Bonchev–Trinajstić information content (AvgIpc) is 3.02. The Hall–Kier alpha value is -1.27. The Morgan fingerprint density at radius 2 is 1.89 bits per heavy atom. The molecular formula is C21H25N2O3Y-. The summed E-state index contributed by atoms with van der Waals surface area (Å²) in [7, 11) is 3.44. The van der Waals surface area contributed by atoms with Crippen LogP contribution in [0.1, 0.15) is 31.4 Å². The van der Waals surface area contributed by atoms with Gasteiger partial charge in [-0.05, 0) is 35.4 Å². The zero-order valence-electron chi connectivity index (χ0n) is 15.9. The molecule has 1 aliphatic rings. The van der Waals surface area contributed by atoms with Crippen LogP contribution >= 0.6 is 0 Å². The number of amides is 1. The van der Waals surface area contributed by atoms with Gasteiger partial charge in [-0.1, -0.05) is 38.1 Å². The van der Waals surface area contributed by atoms with Crippen molar-refractivity contribution in [2.75, 3.05) is 18.2 Å². The normalized spacial score (nSPS) is 15.0. The maximum Gasteiger partial charge on any atom is 0.242 e.